The predicted octanol–water partition coefficient (Wildman–Crippen LogP) is 3.59. The van der Waals surface area contributed by atoms with Crippen molar-refractivity contribution in [2.45, 2.75) is 23.8 Å². The van der Waals surface area contributed by atoms with Gasteiger partial charge in [0.2, 0.25) is 0 Å². The van der Waals surface area contributed by atoms with Crippen LogP contribution in [0.3, 0.4) is 0 Å². The topological polar surface area (TPSA) is 65.1 Å². The van der Waals surface area contributed by atoms with Gasteiger partial charge in [-0.3, -0.25) is 0 Å². The Labute approximate surface area is 160 Å². The molecule has 0 radical (unpaired) electrons. The van der Waals surface area contributed by atoms with E-state index < -0.39 is 5.91 Å². The van der Waals surface area contributed by atoms with E-state index in [-0.39, 0.29) is 15.8 Å². The molecular weight excluding hydrogens is 387 g/mol. The van der Waals surface area contributed by atoms with Gasteiger partial charge in [-0.15, -0.1) is 0 Å². The van der Waals surface area contributed by atoms with Gasteiger partial charge in [0.05, 0.1) is 0 Å². The van der Waals surface area contributed by atoms with Gasteiger partial charge in [0.25, 0.3) is 0 Å². The summed E-state index contributed by atoms with van der Waals surface area (Å²) in [4.78, 5) is 14.5. The fraction of sp³-hybridized carbons (Fsp3) is 0.190. The van der Waals surface area contributed by atoms with Gasteiger partial charge in [-0.2, -0.15) is 0 Å². The van der Waals surface area contributed by atoms with Crippen LogP contribution in [0.1, 0.15) is 22.4 Å². The van der Waals surface area contributed by atoms with Crippen LogP contribution >= 0.6 is 0 Å². The number of H-pyrrole nitrogens is 1. The van der Waals surface area contributed by atoms with E-state index in [9.17, 15) is 4.79 Å². The molecule has 0 bridgehead atoms. The van der Waals surface area contributed by atoms with Crippen molar-refractivity contribution in [3.05, 3.63) is 77.0 Å². The van der Waals surface area contributed by atoms with Crippen molar-refractivity contribution in [3.63, 3.8) is 0 Å². The minimum atomic E-state index is -0.520. The molecule has 0 saturated carbocycles. The van der Waals surface area contributed by atoms with Crippen molar-refractivity contribution in [2.75, 3.05) is 0 Å². The summed E-state index contributed by atoms with van der Waals surface area (Å²) in [6.45, 7) is 2.17. The number of hydrogen-bond donors (Lipinski definition) is 3. The zero-order valence-electron chi connectivity index (χ0n) is 14.8. The molecule has 3 N–H and O–H groups in total. The molecule has 26 heavy (non-hydrogen) atoms. The second kappa shape index (κ2) is 8.88. The molecule has 1 amide bonds. The average molecular weight is 410 g/mol. The Balaban J connectivity index is 1.51. The van der Waals surface area contributed by atoms with Gasteiger partial charge in [-0.25, -0.2) is 0 Å². The fourth-order valence-corrected chi connectivity index (χ4v) is 5.43. The van der Waals surface area contributed by atoms with E-state index in [1.54, 1.807) is 11.6 Å². The number of carbonyl (C=O) groups is 1. The van der Waals surface area contributed by atoms with E-state index in [4.69, 9.17) is 5.21 Å². The Bertz CT molecular complexity index is 913. The standard InChI is InChI=1S/C21H23AsN2O2/c1-15-18(19-4-2-3-5-20(19)23-15)12-13-22-14-17-8-6-16(7-9-17)10-11-21(25)24-26/h2-11,22-23,26H,12-14H2,1H3,(H,24,25)/b11-10+. The third kappa shape index (κ3) is 4.66. The molecule has 3 aromatic rings. The Hall–Kier alpha value is -2.29. The summed E-state index contributed by atoms with van der Waals surface area (Å²) < 4.78 is 0. The molecule has 0 fully saturated rings. The first kappa shape index (κ1) is 18.5. The predicted molar refractivity (Wildman–Crippen MR) is 108 cm³/mol. The number of carbonyl (C=O) groups excluding carboxylic acids is 1. The summed E-state index contributed by atoms with van der Waals surface area (Å²) in [6, 6.07) is 16.8. The molecule has 0 aliphatic heterocycles. The van der Waals surface area contributed by atoms with E-state index in [1.807, 2.05) is 12.1 Å². The second-order valence-corrected chi connectivity index (χ2v) is 9.09. The van der Waals surface area contributed by atoms with Crippen LogP contribution in [0.15, 0.2) is 54.6 Å². The van der Waals surface area contributed by atoms with Crippen LogP contribution in [0.5, 0.6) is 0 Å². The molecule has 5 heteroatoms. The molecule has 1 heterocycles. The van der Waals surface area contributed by atoms with Crippen molar-refractivity contribution in [2.24, 2.45) is 0 Å². The number of rotatable bonds is 7. The first-order valence-corrected chi connectivity index (χ1v) is 11.6. The summed E-state index contributed by atoms with van der Waals surface area (Å²) in [6.07, 6.45) is 4.14. The van der Waals surface area contributed by atoms with Crippen LogP contribution < -0.4 is 5.48 Å². The number of aromatic amines is 1. The first-order valence-electron chi connectivity index (χ1n) is 8.65. The van der Waals surface area contributed by atoms with Gasteiger partial charge < -0.3 is 0 Å². The average Bonchev–Trinajstić information content (AvgIpc) is 2.99. The molecule has 0 aliphatic rings. The number of nitrogens with one attached hydrogen (secondary N) is 2. The third-order valence-corrected chi connectivity index (χ3v) is 7.07. The second-order valence-electron chi connectivity index (χ2n) is 6.25. The fourth-order valence-electron chi connectivity index (χ4n) is 3.06. The van der Waals surface area contributed by atoms with Crippen LogP contribution in [0, 0.1) is 6.92 Å². The van der Waals surface area contributed by atoms with Crippen molar-refractivity contribution < 1.29 is 10.0 Å². The maximum atomic E-state index is 11.0. The van der Waals surface area contributed by atoms with Crippen molar-refractivity contribution in [1.82, 2.24) is 10.5 Å². The molecule has 0 spiro atoms. The van der Waals surface area contributed by atoms with Crippen molar-refractivity contribution in [3.8, 4) is 0 Å². The van der Waals surface area contributed by atoms with Gasteiger partial charge in [-0.1, -0.05) is 0 Å². The normalized spacial score (nSPS) is 11.8. The number of amides is 1. The summed E-state index contributed by atoms with van der Waals surface area (Å²) in [7, 11) is 0. The number of aromatic nitrogens is 1. The van der Waals surface area contributed by atoms with Gasteiger partial charge in [0.1, 0.15) is 0 Å². The molecular formula is C21H23AsN2O2. The number of hydrogen-bond acceptors (Lipinski definition) is 2. The first-order chi connectivity index (χ1) is 12.7. The molecule has 1 aromatic heterocycles. The number of fused-ring (bicyclic) bond motifs is 1. The monoisotopic (exact) mass is 410 g/mol. The van der Waals surface area contributed by atoms with Gasteiger partial charge >= 0.3 is 160 Å². The molecule has 1 atom stereocenters. The Morgan fingerprint density at radius 2 is 1.96 bits per heavy atom. The summed E-state index contributed by atoms with van der Waals surface area (Å²) in [5.41, 5.74) is 7.88. The molecule has 4 nitrogen and oxygen atoms in total. The summed E-state index contributed by atoms with van der Waals surface area (Å²) in [5.74, 6) is -0.520. The van der Waals surface area contributed by atoms with E-state index in [2.05, 4.69) is 48.3 Å². The zero-order chi connectivity index (χ0) is 18.4. The number of aryl methyl sites for hydroxylation is 2. The summed E-state index contributed by atoms with van der Waals surface area (Å²) in [5, 5.41) is 12.3. The molecule has 1 unspecified atom stereocenters. The summed E-state index contributed by atoms with van der Waals surface area (Å²) >= 11 is -0.0309. The van der Waals surface area contributed by atoms with E-state index in [0.29, 0.717) is 0 Å². The minimum absolute atomic E-state index is 0.0309. The van der Waals surface area contributed by atoms with Gasteiger partial charge in [0, 0.05) is 0 Å². The van der Waals surface area contributed by atoms with E-state index in [1.165, 1.54) is 44.2 Å². The van der Waals surface area contributed by atoms with E-state index >= 15 is 0 Å². The zero-order valence-corrected chi connectivity index (χ0v) is 16.8. The Morgan fingerprint density at radius 3 is 2.73 bits per heavy atom. The van der Waals surface area contributed by atoms with Gasteiger partial charge in [-0.05, 0) is 0 Å². The SMILES string of the molecule is Cc1[nH]c2ccccc2c1CC[AsH]Cc1ccc(/C=C/C(=O)NO)cc1. The van der Waals surface area contributed by atoms with Crippen LogP contribution in [0.2, 0.25) is 5.21 Å². The quantitative estimate of drug-likeness (QED) is 0.183. The number of para-hydroxylation sites is 1. The molecule has 2 aromatic carbocycles. The third-order valence-electron chi connectivity index (χ3n) is 4.42. The molecule has 0 saturated heterocycles. The van der Waals surface area contributed by atoms with E-state index in [0.717, 1.165) is 12.0 Å². The molecule has 3 rings (SSSR count). The maximum absolute atomic E-state index is 11.0. The number of benzene rings is 2. The number of hydroxylamine groups is 1. The Morgan fingerprint density at radius 1 is 1.19 bits per heavy atom. The molecule has 0 aliphatic carbocycles. The van der Waals surface area contributed by atoms with Crippen LogP contribution in [0.25, 0.3) is 17.0 Å². The van der Waals surface area contributed by atoms with Crippen molar-refractivity contribution >= 4 is 38.6 Å². The van der Waals surface area contributed by atoms with Crippen molar-refractivity contribution in [1.29, 1.82) is 0 Å². The van der Waals surface area contributed by atoms with Gasteiger partial charge in [0.15, 0.2) is 0 Å². The Kier molecular flexibility index (Phi) is 6.32. The molecule has 134 valence electrons. The van der Waals surface area contributed by atoms with Crippen LogP contribution in [0.4, 0.5) is 0 Å². The van der Waals surface area contributed by atoms with Crippen LogP contribution in [-0.2, 0) is 16.4 Å². The van der Waals surface area contributed by atoms with Crippen LogP contribution in [-0.4, -0.2) is 31.9 Å².